The van der Waals surface area contributed by atoms with Gasteiger partial charge in [-0.25, -0.2) is 4.98 Å². The van der Waals surface area contributed by atoms with Crippen LogP contribution in [-0.4, -0.2) is 35.7 Å². The molecule has 0 aliphatic rings. The molecular formula is C8H14N2OS2. The second-order valence-corrected chi connectivity index (χ2v) is 4.76. The Morgan fingerprint density at radius 2 is 2.46 bits per heavy atom. The summed E-state index contributed by atoms with van der Waals surface area (Å²) < 4.78 is 0. The van der Waals surface area contributed by atoms with Crippen LogP contribution in [0.4, 0.5) is 5.13 Å². The van der Waals surface area contributed by atoms with Gasteiger partial charge in [0.25, 0.3) is 0 Å². The predicted octanol–water partition coefficient (Wildman–Crippen LogP) is 1.43. The average Bonchev–Trinajstić information content (AvgIpc) is 2.62. The van der Waals surface area contributed by atoms with Crippen molar-refractivity contribution in [1.82, 2.24) is 4.98 Å². The molecule has 1 heterocycles. The first-order chi connectivity index (χ1) is 6.27. The standard InChI is InChI=1S/C8H14N2OS2/c1-10(3-4-12-2)8-9-5-7(6-11)13-8/h5,11H,3-4,6H2,1-2H3. The molecular weight excluding hydrogens is 204 g/mol. The van der Waals surface area contributed by atoms with Crippen LogP contribution in [0.2, 0.25) is 0 Å². The summed E-state index contributed by atoms with van der Waals surface area (Å²) in [5, 5.41) is 9.84. The molecule has 0 saturated carbocycles. The summed E-state index contributed by atoms with van der Waals surface area (Å²) in [5.74, 6) is 1.10. The van der Waals surface area contributed by atoms with Crippen LogP contribution in [0.5, 0.6) is 0 Å². The molecule has 0 atom stereocenters. The Hall–Kier alpha value is -0.260. The van der Waals surface area contributed by atoms with Crippen molar-refractivity contribution in [3.8, 4) is 0 Å². The first kappa shape index (κ1) is 10.8. The molecule has 0 aliphatic heterocycles. The molecule has 5 heteroatoms. The zero-order valence-corrected chi connectivity index (χ0v) is 9.49. The molecule has 0 radical (unpaired) electrons. The van der Waals surface area contributed by atoms with Crippen molar-refractivity contribution in [2.75, 3.05) is 30.5 Å². The Morgan fingerprint density at radius 3 is 3.00 bits per heavy atom. The van der Waals surface area contributed by atoms with Gasteiger partial charge in [-0.3, -0.25) is 0 Å². The van der Waals surface area contributed by atoms with Gasteiger partial charge in [-0.1, -0.05) is 11.3 Å². The topological polar surface area (TPSA) is 36.4 Å². The van der Waals surface area contributed by atoms with Crippen LogP contribution in [-0.2, 0) is 6.61 Å². The van der Waals surface area contributed by atoms with Crippen LogP contribution in [0, 0.1) is 0 Å². The molecule has 0 spiro atoms. The lowest BCUT2D eigenvalue weighted by molar-refractivity contribution is 0.285. The third kappa shape index (κ3) is 3.17. The lowest BCUT2D eigenvalue weighted by Gasteiger charge is -2.13. The quantitative estimate of drug-likeness (QED) is 0.811. The number of anilines is 1. The molecule has 74 valence electrons. The number of rotatable bonds is 5. The van der Waals surface area contributed by atoms with E-state index >= 15 is 0 Å². The SMILES string of the molecule is CSCCN(C)c1ncc(CO)s1. The summed E-state index contributed by atoms with van der Waals surface area (Å²) in [7, 11) is 2.02. The third-order valence-corrected chi connectivity index (χ3v) is 3.34. The van der Waals surface area contributed by atoms with Crippen molar-refractivity contribution in [2.24, 2.45) is 0 Å². The van der Waals surface area contributed by atoms with E-state index in [4.69, 9.17) is 5.11 Å². The van der Waals surface area contributed by atoms with Gasteiger partial charge in [-0.2, -0.15) is 11.8 Å². The average molecular weight is 218 g/mol. The van der Waals surface area contributed by atoms with Gasteiger partial charge in [-0.05, 0) is 6.26 Å². The molecule has 0 amide bonds. The first-order valence-corrected chi connectivity index (χ1v) is 6.24. The van der Waals surface area contributed by atoms with Crippen molar-refractivity contribution >= 4 is 28.2 Å². The Morgan fingerprint density at radius 1 is 1.69 bits per heavy atom. The lowest BCUT2D eigenvalue weighted by Crippen LogP contribution is -2.19. The molecule has 3 nitrogen and oxygen atoms in total. The maximum atomic E-state index is 8.86. The van der Waals surface area contributed by atoms with Crippen molar-refractivity contribution in [3.63, 3.8) is 0 Å². The van der Waals surface area contributed by atoms with Crippen LogP contribution >= 0.6 is 23.1 Å². The van der Waals surface area contributed by atoms with E-state index in [9.17, 15) is 0 Å². The molecule has 13 heavy (non-hydrogen) atoms. The molecule has 1 N–H and O–H groups in total. The molecule has 0 bridgehead atoms. The Bertz CT molecular complexity index is 252. The van der Waals surface area contributed by atoms with Crippen LogP contribution in [0.1, 0.15) is 4.88 Å². The molecule has 0 aromatic carbocycles. The van der Waals surface area contributed by atoms with Crippen LogP contribution in [0.25, 0.3) is 0 Å². The van der Waals surface area contributed by atoms with E-state index in [2.05, 4.69) is 16.1 Å². The first-order valence-electron chi connectivity index (χ1n) is 4.03. The van der Waals surface area contributed by atoms with E-state index in [0.29, 0.717) is 0 Å². The van der Waals surface area contributed by atoms with E-state index in [1.807, 2.05) is 18.8 Å². The van der Waals surface area contributed by atoms with Crippen molar-refractivity contribution < 1.29 is 5.11 Å². The molecule has 1 aromatic rings. The monoisotopic (exact) mass is 218 g/mol. The zero-order chi connectivity index (χ0) is 9.68. The highest BCUT2D eigenvalue weighted by Crippen LogP contribution is 2.21. The van der Waals surface area contributed by atoms with E-state index in [1.54, 1.807) is 17.5 Å². The van der Waals surface area contributed by atoms with Gasteiger partial charge in [0.2, 0.25) is 0 Å². The van der Waals surface area contributed by atoms with Gasteiger partial charge < -0.3 is 10.0 Å². The summed E-state index contributed by atoms with van der Waals surface area (Å²) in [5.41, 5.74) is 0. The van der Waals surface area contributed by atoms with Gasteiger partial charge in [0.1, 0.15) is 0 Å². The minimum atomic E-state index is 0.0913. The third-order valence-electron chi connectivity index (χ3n) is 1.65. The fourth-order valence-corrected chi connectivity index (χ4v) is 2.08. The van der Waals surface area contributed by atoms with Gasteiger partial charge in [-0.15, -0.1) is 0 Å². The van der Waals surface area contributed by atoms with Crippen molar-refractivity contribution in [1.29, 1.82) is 0 Å². The number of aliphatic hydroxyl groups is 1. The minimum absolute atomic E-state index is 0.0913. The minimum Gasteiger partial charge on any atom is -0.391 e. The maximum Gasteiger partial charge on any atom is 0.185 e. The fraction of sp³-hybridized carbons (Fsp3) is 0.625. The fourth-order valence-electron chi connectivity index (χ4n) is 0.871. The number of aliphatic hydroxyl groups excluding tert-OH is 1. The summed E-state index contributed by atoms with van der Waals surface area (Å²) >= 11 is 3.37. The molecule has 0 fully saturated rings. The summed E-state index contributed by atoms with van der Waals surface area (Å²) in [6, 6.07) is 0. The Labute approximate surface area is 86.8 Å². The van der Waals surface area contributed by atoms with Crippen LogP contribution in [0.15, 0.2) is 6.20 Å². The molecule has 0 aliphatic carbocycles. The smallest absolute Gasteiger partial charge is 0.185 e. The maximum absolute atomic E-state index is 8.86. The highest BCUT2D eigenvalue weighted by Gasteiger charge is 2.05. The van der Waals surface area contributed by atoms with E-state index in [-0.39, 0.29) is 6.61 Å². The predicted molar refractivity (Wildman–Crippen MR) is 59.7 cm³/mol. The van der Waals surface area contributed by atoms with E-state index in [0.717, 1.165) is 22.3 Å². The van der Waals surface area contributed by atoms with Crippen LogP contribution in [0.3, 0.4) is 0 Å². The van der Waals surface area contributed by atoms with Crippen LogP contribution < -0.4 is 4.90 Å². The zero-order valence-electron chi connectivity index (χ0n) is 7.86. The molecule has 0 unspecified atom stereocenters. The lowest BCUT2D eigenvalue weighted by atomic mass is 10.6. The van der Waals surface area contributed by atoms with Gasteiger partial charge >= 0.3 is 0 Å². The number of hydrogen-bond donors (Lipinski definition) is 1. The molecule has 1 rings (SSSR count). The Kier molecular flexibility index (Phi) is 4.55. The van der Waals surface area contributed by atoms with Crippen molar-refractivity contribution in [2.45, 2.75) is 6.61 Å². The van der Waals surface area contributed by atoms with Crippen molar-refractivity contribution in [3.05, 3.63) is 11.1 Å². The number of thiazole rings is 1. The van der Waals surface area contributed by atoms with Gasteiger partial charge in [0.15, 0.2) is 5.13 Å². The highest BCUT2D eigenvalue weighted by atomic mass is 32.2. The second kappa shape index (κ2) is 5.47. The van der Waals surface area contributed by atoms with Gasteiger partial charge in [0, 0.05) is 25.5 Å². The highest BCUT2D eigenvalue weighted by molar-refractivity contribution is 7.98. The normalized spacial score (nSPS) is 10.4. The molecule has 0 saturated heterocycles. The number of nitrogens with zero attached hydrogens (tertiary/aromatic N) is 2. The number of aromatic nitrogens is 1. The number of thioether (sulfide) groups is 1. The van der Waals surface area contributed by atoms with Gasteiger partial charge in [0.05, 0.1) is 11.5 Å². The second-order valence-electron chi connectivity index (χ2n) is 2.68. The summed E-state index contributed by atoms with van der Waals surface area (Å²) in [6.45, 7) is 1.09. The summed E-state index contributed by atoms with van der Waals surface area (Å²) in [4.78, 5) is 7.25. The van der Waals surface area contributed by atoms with E-state index < -0.39 is 0 Å². The number of hydrogen-bond acceptors (Lipinski definition) is 5. The van der Waals surface area contributed by atoms with E-state index in [1.165, 1.54) is 0 Å². The largest absolute Gasteiger partial charge is 0.391 e. The Balaban J connectivity index is 2.50. The molecule has 1 aromatic heterocycles. The summed E-state index contributed by atoms with van der Waals surface area (Å²) in [6.07, 6.45) is 3.82.